The van der Waals surface area contributed by atoms with E-state index in [1.165, 1.54) is 19.3 Å². The van der Waals surface area contributed by atoms with Gasteiger partial charge in [-0.3, -0.25) is 4.79 Å². The molecule has 1 aromatic carbocycles. The number of amides is 1. The van der Waals surface area contributed by atoms with Gasteiger partial charge in [-0.2, -0.15) is 0 Å². The van der Waals surface area contributed by atoms with Crippen LogP contribution in [0, 0.1) is 5.92 Å². The lowest BCUT2D eigenvalue weighted by atomic mass is 9.85. The first-order chi connectivity index (χ1) is 13.2. The average Bonchev–Trinajstić information content (AvgIpc) is 3.33. The molecule has 2 aromatic rings. The molecule has 1 aliphatic heterocycles. The number of rotatable bonds is 6. The Balaban J connectivity index is 1.68. The highest BCUT2D eigenvalue weighted by Gasteiger charge is 2.32. The zero-order valence-corrected chi connectivity index (χ0v) is 16.1. The van der Waals surface area contributed by atoms with E-state index in [1.807, 2.05) is 36.2 Å². The molecule has 1 aromatic heterocycles. The Morgan fingerprint density at radius 2 is 1.93 bits per heavy atom. The molecule has 0 N–H and O–H groups in total. The average molecular weight is 369 g/mol. The van der Waals surface area contributed by atoms with Crippen molar-refractivity contribution in [3.8, 4) is 17.1 Å². The number of methoxy groups -OCH3 is 1. The zero-order valence-electron chi connectivity index (χ0n) is 16.1. The fourth-order valence-electron chi connectivity index (χ4n) is 3.90. The molecule has 2 heterocycles. The predicted octanol–water partition coefficient (Wildman–Crippen LogP) is 3.82. The second kappa shape index (κ2) is 7.62. The standard InChI is InChI=1S/C21H27N3O3/c1-23(14-15-6-5-7-15)21(25)18-19(16-8-10-17(26-2)11-9-16)27-22-20(18)24-12-3-4-13-24/h8-11,15H,3-7,12-14H2,1-2H3. The molecule has 4 rings (SSSR count). The molecule has 0 unspecified atom stereocenters. The summed E-state index contributed by atoms with van der Waals surface area (Å²) < 4.78 is 10.9. The van der Waals surface area contributed by atoms with E-state index in [4.69, 9.17) is 9.26 Å². The van der Waals surface area contributed by atoms with Crippen LogP contribution in [0.1, 0.15) is 42.5 Å². The van der Waals surface area contributed by atoms with Crippen molar-refractivity contribution in [2.45, 2.75) is 32.1 Å². The summed E-state index contributed by atoms with van der Waals surface area (Å²) >= 11 is 0. The number of benzene rings is 1. The summed E-state index contributed by atoms with van der Waals surface area (Å²) in [5, 5.41) is 4.31. The Morgan fingerprint density at radius 3 is 2.52 bits per heavy atom. The van der Waals surface area contributed by atoms with Crippen molar-refractivity contribution < 1.29 is 14.1 Å². The Kier molecular flexibility index (Phi) is 5.05. The zero-order chi connectivity index (χ0) is 18.8. The first-order valence-corrected chi connectivity index (χ1v) is 9.82. The van der Waals surface area contributed by atoms with Gasteiger partial charge in [-0.05, 0) is 55.9 Å². The highest BCUT2D eigenvalue weighted by atomic mass is 16.5. The summed E-state index contributed by atoms with van der Waals surface area (Å²) in [6, 6.07) is 7.57. The van der Waals surface area contributed by atoms with Crippen molar-refractivity contribution in [3.05, 3.63) is 29.8 Å². The molecule has 27 heavy (non-hydrogen) atoms. The largest absolute Gasteiger partial charge is 0.497 e. The van der Waals surface area contributed by atoms with Crippen molar-refractivity contribution >= 4 is 11.7 Å². The Labute approximate surface area is 160 Å². The Morgan fingerprint density at radius 1 is 1.22 bits per heavy atom. The Hall–Kier alpha value is -2.50. The molecular weight excluding hydrogens is 342 g/mol. The van der Waals surface area contributed by atoms with Gasteiger partial charge in [0.1, 0.15) is 11.3 Å². The summed E-state index contributed by atoms with van der Waals surface area (Å²) in [7, 11) is 3.53. The number of aromatic nitrogens is 1. The first kappa shape index (κ1) is 17.9. The number of anilines is 1. The summed E-state index contributed by atoms with van der Waals surface area (Å²) in [5.74, 6) is 2.62. The van der Waals surface area contributed by atoms with Crippen LogP contribution in [-0.4, -0.2) is 49.8 Å². The molecule has 1 saturated carbocycles. The second-order valence-corrected chi connectivity index (χ2v) is 7.62. The monoisotopic (exact) mass is 369 g/mol. The van der Waals surface area contributed by atoms with Gasteiger partial charge in [0.25, 0.3) is 5.91 Å². The SMILES string of the molecule is COc1ccc(-c2onc(N3CCCC3)c2C(=O)N(C)CC2CCC2)cc1. The summed E-state index contributed by atoms with van der Waals surface area (Å²) in [6.07, 6.45) is 5.94. The topological polar surface area (TPSA) is 58.8 Å². The molecule has 144 valence electrons. The molecule has 1 aliphatic carbocycles. The number of carbonyl (C=O) groups is 1. The predicted molar refractivity (Wildman–Crippen MR) is 104 cm³/mol. The van der Waals surface area contributed by atoms with E-state index in [1.54, 1.807) is 7.11 Å². The van der Waals surface area contributed by atoms with Crippen molar-refractivity contribution in [2.24, 2.45) is 5.92 Å². The number of ether oxygens (including phenoxy) is 1. The van der Waals surface area contributed by atoms with Gasteiger partial charge in [0, 0.05) is 32.2 Å². The van der Waals surface area contributed by atoms with Gasteiger partial charge < -0.3 is 19.1 Å². The van der Waals surface area contributed by atoms with Gasteiger partial charge in [-0.1, -0.05) is 11.6 Å². The molecule has 2 aliphatic rings. The Bertz CT molecular complexity index is 790. The highest BCUT2D eigenvalue weighted by Crippen LogP contribution is 2.35. The van der Waals surface area contributed by atoms with E-state index in [0.717, 1.165) is 43.8 Å². The fraction of sp³-hybridized carbons (Fsp3) is 0.524. The van der Waals surface area contributed by atoms with Gasteiger partial charge in [-0.25, -0.2) is 0 Å². The molecule has 6 nitrogen and oxygen atoms in total. The van der Waals surface area contributed by atoms with Crippen LogP contribution in [0.25, 0.3) is 11.3 Å². The third-order valence-corrected chi connectivity index (χ3v) is 5.75. The highest BCUT2D eigenvalue weighted by molar-refractivity contribution is 6.04. The first-order valence-electron chi connectivity index (χ1n) is 9.82. The molecule has 6 heteroatoms. The van der Waals surface area contributed by atoms with E-state index >= 15 is 0 Å². The van der Waals surface area contributed by atoms with Gasteiger partial charge in [0.15, 0.2) is 11.6 Å². The van der Waals surface area contributed by atoms with Crippen molar-refractivity contribution in [1.29, 1.82) is 0 Å². The fourth-order valence-corrected chi connectivity index (χ4v) is 3.90. The third kappa shape index (κ3) is 3.53. The third-order valence-electron chi connectivity index (χ3n) is 5.75. The number of hydrogen-bond donors (Lipinski definition) is 0. The molecule has 1 amide bonds. The van der Waals surface area contributed by atoms with Crippen LogP contribution < -0.4 is 9.64 Å². The summed E-state index contributed by atoms with van der Waals surface area (Å²) in [4.78, 5) is 17.4. The maximum absolute atomic E-state index is 13.4. The molecular formula is C21H27N3O3. The van der Waals surface area contributed by atoms with Crippen LogP contribution in [0.15, 0.2) is 28.8 Å². The lowest BCUT2D eigenvalue weighted by Gasteiger charge is -2.30. The minimum absolute atomic E-state index is 0.00383. The van der Waals surface area contributed by atoms with Crippen molar-refractivity contribution in [3.63, 3.8) is 0 Å². The van der Waals surface area contributed by atoms with E-state index in [-0.39, 0.29) is 5.91 Å². The maximum Gasteiger partial charge on any atom is 0.261 e. The van der Waals surface area contributed by atoms with Crippen molar-refractivity contribution in [2.75, 3.05) is 38.7 Å². The van der Waals surface area contributed by atoms with Gasteiger partial charge in [-0.15, -0.1) is 0 Å². The van der Waals surface area contributed by atoms with Gasteiger partial charge in [0.05, 0.1) is 7.11 Å². The van der Waals surface area contributed by atoms with Gasteiger partial charge >= 0.3 is 0 Å². The second-order valence-electron chi connectivity index (χ2n) is 7.62. The number of hydrogen-bond acceptors (Lipinski definition) is 5. The van der Waals surface area contributed by atoms with E-state index in [0.29, 0.717) is 23.1 Å². The molecule has 0 radical (unpaired) electrons. The molecule has 0 atom stereocenters. The maximum atomic E-state index is 13.4. The van der Waals surface area contributed by atoms with Gasteiger partial charge in [0.2, 0.25) is 0 Å². The lowest BCUT2D eigenvalue weighted by Crippen LogP contribution is -2.35. The molecule has 1 saturated heterocycles. The minimum Gasteiger partial charge on any atom is -0.497 e. The molecule has 0 spiro atoms. The minimum atomic E-state index is -0.00383. The number of nitrogens with zero attached hydrogens (tertiary/aromatic N) is 3. The van der Waals surface area contributed by atoms with E-state index in [2.05, 4.69) is 10.1 Å². The summed E-state index contributed by atoms with van der Waals surface area (Å²) in [5.41, 5.74) is 1.43. The van der Waals surface area contributed by atoms with Crippen LogP contribution in [0.5, 0.6) is 5.75 Å². The quantitative estimate of drug-likeness (QED) is 0.775. The van der Waals surface area contributed by atoms with E-state index < -0.39 is 0 Å². The normalized spacial score (nSPS) is 17.0. The number of carbonyl (C=O) groups excluding carboxylic acids is 1. The molecule has 2 fully saturated rings. The van der Waals surface area contributed by atoms with Crippen LogP contribution in [-0.2, 0) is 0 Å². The molecule has 0 bridgehead atoms. The van der Waals surface area contributed by atoms with E-state index in [9.17, 15) is 4.79 Å². The van der Waals surface area contributed by atoms with Crippen LogP contribution in [0.3, 0.4) is 0 Å². The summed E-state index contributed by atoms with van der Waals surface area (Å²) in [6.45, 7) is 2.63. The van der Waals surface area contributed by atoms with Crippen LogP contribution in [0.4, 0.5) is 5.82 Å². The lowest BCUT2D eigenvalue weighted by molar-refractivity contribution is 0.0746. The smallest absolute Gasteiger partial charge is 0.261 e. The van der Waals surface area contributed by atoms with Crippen molar-refractivity contribution in [1.82, 2.24) is 10.1 Å². The van der Waals surface area contributed by atoms with Crippen LogP contribution in [0.2, 0.25) is 0 Å². The van der Waals surface area contributed by atoms with Crippen LogP contribution >= 0.6 is 0 Å².